The first-order valence-corrected chi connectivity index (χ1v) is 8.47. The highest BCUT2D eigenvalue weighted by molar-refractivity contribution is 5.79. The monoisotopic (exact) mass is 380 g/mol. The van der Waals surface area contributed by atoms with Crippen LogP contribution in [0.1, 0.15) is 31.5 Å². The van der Waals surface area contributed by atoms with Crippen molar-refractivity contribution >= 4 is 10.9 Å². The number of hydrogen-bond acceptors (Lipinski definition) is 2. The lowest BCUT2D eigenvalue weighted by Gasteiger charge is -2.38. The number of hydrogen-bond donors (Lipinski definition) is 2. The van der Waals surface area contributed by atoms with Crippen LogP contribution in [0.25, 0.3) is 10.9 Å². The van der Waals surface area contributed by atoms with E-state index >= 15 is 0 Å². The van der Waals surface area contributed by atoms with E-state index in [9.17, 15) is 22.7 Å². The van der Waals surface area contributed by atoms with Gasteiger partial charge >= 0.3 is 6.18 Å². The first kappa shape index (κ1) is 19.4. The number of nitrogens with one attached hydrogen (secondary N) is 1. The molecule has 3 aromatic rings. The molecule has 0 bridgehead atoms. The van der Waals surface area contributed by atoms with E-state index in [0.717, 1.165) is 0 Å². The zero-order valence-electron chi connectivity index (χ0n) is 14.9. The van der Waals surface area contributed by atoms with Crippen LogP contribution in [-0.4, -0.2) is 26.9 Å². The minimum atomic E-state index is -4.83. The number of halogens is 4. The third kappa shape index (κ3) is 3.98. The summed E-state index contributed by atoms with van der Waals surface area (Å²) in [6.07, 6.45) is -2.93. The maximum atomic E-state index is 13.8. The van der Waals surface area contributed by atoms with E-state index in [0.29, 0.717) is 16.5 Å². The van der Waals surface area contributed by atoms with Gasteiger partial charge in [-0.2, -0.15) is 13.2 Å². The van der Waals surface area contributed by atoms with Crippen molar-refractivity contribution in [2.75, 3.05) is 0 Å². The Morgan fingerprint density at radius 2 is 1.74 bits per heavy atom. The van der Waals surface area contributed by atoms with Crippen molar-refractivity contribution < 1.29 is 22.7 Å². The van der Waals surface area contributed by atoms with Gasteiger partial charge in [-0.25, -0.2) is 4.39 Å². The molecule has 27 heavy (non-hydrogen) atoms. The van der Waals surface area contributed by atoms with Crippen LogP contribution in [0.2, 0.25) is 0 Å². The van der Waals surface area contributed by atoms with Crippen LogP contribution < -0.4 is 0 Å². The number of H-pyrrole nitrogens is 1. The second kappa shape index (κ2) is 6.64. The highest BCUT2D eigenvalue weighted by atomic mass is 19.4. The summed E-state index contributed by atoms with van der Waals surface area (Å²) in [5.74, 6) is -0.465. The summed E-state index contributed by atoms with van der Waals surface area (Å²) in [5.41, 5.74) is -2.52. The second-order valence-electron chi connectivity index (χ2n) is 7.53. The molecule has 0 aliphatic heterocycles. The van der Waals surface area contributed by atoms with Gasteiger partial charge < -0.3 is 10.1 Å². The summed E-state index contributed by atoms with van der Waals surface area (Å²) < 4.78 is 54.6. The Balaban J connectivity index is 1.93. The lowest BCUT2D eigenvalue weighted by Crippen LogP contribution is -2.50. The molecule has 3 rings (SSSR count). The van der Waals surface area contributed by atoms with E-state index in [4.69, 9.17) is 0 Å². The Bertz CT molecular complexity index is 898. The zero-order chi connectivity index (χ0) is 19.9. The fourth-order valence-corrected chi connectivity index (χ4v) is 3.44. The van der Waals surface area contributed by atoms with E-state index in [1.54, 1.807) is 32.2 Å². The van der Waals surface area contributed by atoms with Gasteiger partial charge in [0, 0.05) is 35.4 Å². The van der Waals surface area contributed by atoms with Crippen molar-refractivity contribution in [2.45, 2.75) is 43.9 Å². The molecule has 0 radical (unpaired) electrons. The summed E-state index contributed by atoms with van der Waals surface area (Å²) in [5, 5.41) is 11.3. The molecule has 0 amide bonds. The SMILES string of the molecule is CC(C)(CC(O)(Cc1cc2cnccc2[nH]1)C(F)(F)F)c1ccc(F)cc1. The fraction of sp³-hybridized carbons (Fsp3) is 0.350. The summed E-state index contributed by atoms with van der Waals surface area (Å²) >= 11 is 0. The lowest BCUT2D eigenvalue weighted by molar-refractivity contribution is -0.266. The quantitative estimate of drug-likeness (QED) is 0.618. The van der Waals surface area contributed by atoms with E-state index in [1.165, 1.54) is 30.5 Å². The van der Waals surface area contributed by atoms with Crippen LogP contribution in [0.3, 0.4) is 0 Å². The molecule has 1 atom stereocenters. The van der Waals surface area contributed by atoms with Gasteiger partial charge in [-0.05, 0) is 41.7 Å². The van der Waals surface area contributed by atoms with Crippen LogP contribution in [-0.2, 0) is 11.8 Å². The highest BCUT2D eigenvalue weighted by Gasteiger charge is 2.56. The summed E-state index contributed by atoms with van der Waals surface area (Å²) in [4.78, 5) is 6.85. The van der Waals surface area contributed by atoms with Gasteiger partial charge in [0.05, 0.1) is 0 Å². The van der Waals surface area contributed by atoms with Gasteiger partial charge in [0.15, 0.2) is 5.60 Å². The maximum absolute atomic E-state index is 13.8. The second-order valence-corrected chi connectivity index (χ2v) is 7.53. The molecule has 144 valence electrons. The zero-order valence-corrected chi connectivity index (χ0v) is 14.9. The van der Waals surface area contributed by atoms with Crippen molar-refractivity contribution in [2.24, 2.45) is 0 Å². The highest BCUT2D eigenvalue weighted by Crippen LogP contribution is 2.43. The molecule has 1 aromatic carbocycles. The minimum absolute atomic E-state index is 0.271. The fourth-order valence-electron chi connectivity index (χ4n) is 3.44. The largest absolute Gasteiger partial charge is 0.417 e. The van der Waals surface area contributed by atoms with Gasteiger partial charge in [0.1, 0.15) is 5.82 Å². The third-order valence-electron chi connectivity index (χ3n) is 4.85. The smallest absolute Gasteiger partial charge is 0.380 e. The Morgan fingerprint density at radius 3 is 2.33 bits per heavy atom. The number of aromatic nitrogens is 2. The summed E-state index contributed by atoms with van der Waals surface area (Å²) in [6.45, 7) is 3.21. The van der Waals surface area contributed by atoms with Crippen LogP contribution in [0.15, 0.2) is 48.8 Å². The molecule has 0 aliphatic carbocycles. The van der Waals surface area contributed by atoms with Gasteiger partial charge in [0.25, 0.3) is 0 Å². The Morgan fingerprint density at radius 1 is 1.07 bits per heavy atom. The third-order valence-corrected chi connectivity index (χ3v) is 4.85. The van der Waals surface area contributed by atoms with Crippen LogP contribution in [0.4, 0.5) is 17.6 Å². The van der Waals surface area contributed by atoms with Gasteiger partial charge in [-0.15, -0.1) is 0 Å². The maximum Gasteiger partial charge on any atom is 0.417 e. The molecule has 7 heteroatoms. The molecule has 3 nitrogen and oxygen atoms in total. The number of aliphatic hydroxyl groups is 1. The summed E-state index contributed by atoms with van der Waals surface area (Å²) in [6, 6.07) is 8.52. The van der Waals surface area contributed by atoms with E-state index in [1.807, 2.05) is 0 Å². The Hall–Kier alpha value is -2.41. The molecule has 0 spiro atoms. The molecule has 2 aromatic heterocycles. The number of aromatic amines is 1. The first-order chi connectivity index (χ1) is 12.5. The van der Waals surface area contributed by atoms with E-state index in [2.05, 4.69) is 9.97 Å². The molecule has 2 N–H and O–H groups in total. The Kier molecular flexibility index (Phi) is 4.76. The van der Waals surface area contributed by atoms with Crippen molar-refractivity contribution in [1.82, 2.24) is 9.97 Å². The number of rotatable bonds is 5. The number of nitrogens with zero attached hydrogens (tertiary/aromatic N) is 1. The normalized spacial score (nSPS) is 15.1. The van der Waals surface area contributed by atoms with Gasteiger partial charge in [-0.3, -0.25) is 4.98 Å². The average Bonchev–Trinajstić information content (AvgIpc) is 2.95. The van der Waals surface area contributed by atoms with Crippen LogP contribution >= 0.6 is 0 Å². The number of pyridine rings is 1. The molecule has 0 saturated heterocycles. The molecular weight excluding hydrogens is 360 g/mol. The minimum Gasteiger partial charge on any atom is -0.380 e. The first-order valence-electron chi connectivity index (χ1n) is 8.47. The van der Waals surface area contributed by atoms with Crippen molar-refractivity contribution in [3.63, 3.8) is 0 Å². The predicted molar refractivity (Wildman–Crippen MR) is 94.8 cm³/mol. The van der Waals surface area contributed by atoms with Crippen LogP contribution in [0, 0.1) is 5.82 Å². The van der Waals surface area contributed by atoms with Crippen molar-refractivity contribution in [1.29, 1.82) is 0 Å². The van der Waals surface area contributed by atoms with E-state index in [-0.39, 0.29) is 5.69 Å². The van der Waals surface area contributed by atoms with Gasteiger partial charge in [0.2, 0.25) is 0 Å². The molecule has 0 fully saturated rings. The lowest BCUT2D eigenvalue weighted by atomic mass is 9.73. The summed E-state index contributed by atoms with van der Waals surface area (Å²) in [7, 11) is 0. The topological polar surface area (TPSA) is 48.9 Å². The van der Waals surface area contributed by atoms with E-state index < -0.39 is 35.9 Å². The number of benzene rings is 1. The number of fused-ring (bicyclic) bond motifs is 1. The van der Waals surface area contributed by atoms with Crippen LogP contribution in [0.5, 0.6) is 0 Å². The molecule has 0 saturated carbocycles. The number of alkyl halides is 3. The Labute approximate surface area is 154 Å². The van der Waals surface area contributed by atoms with Crippen molar-refractivity contribution in [3.8, 4) is 0 Å². The predicted octanol–water partition coefficient (Wildman–Crippen LogP) is 4.91. The van der Waals surface area contributed by atoms with Gasteiger partial charge in [-0.1, -0.05) is 26.0 Å². The molecule has 1 unspecified atom stereocenters. The molecular formula is C20H20F4N2O. The molecule has 0 aliphatic rings. The standard InChI is InChI=1S/C20H20F4N2O/c1-18(2,14-3-5-15(21)6-4-14)12-19(27,20(22,23)24)10-16-9-13-11-25-8-7-17(13)26-16/h3-9,11,26-27H,10,12H2,1-2H3. The average molecular weight is 380 g/mol. The molecule has 2 heterocycles. The van der Waals surface area contributed by atoms with Crippen molar-refractivity contribution in [3.05, 3.63) is 65.9 Å².